The van der Waals surface area contributed by atoms with Crippen molar-refractivity contribution in [1.82, 2.24) is 24.1 Å². The summed E-state index contributed by atoms with van der Waals surface area (Å²) in [6.45, 7) is 2.61. The molecule has 0 aliphatic heterocycles. The van der Waals surface area contributed by atoms with Crippen LogP contribution in [-0.2, 0) is 18.0 Å². The molecule has 0 spiro atoms. The fraction of sp³-hybridized carbons (Fsp3) is 0.135. The van der Waals surface area contributed by atoms with Crippen LogP contribution in [0.15, 0.2) is 121 Å². The first-order valence-corrected chi connectivity index (χ1v) is 14.9. The number of hydrogen-bond donors (Lipinski definition) is 0. The Hall–Kier alpha value is -5.96. The van der Waals surface area contributed by atoms with E-state index in [1.807, 2.05) is 43.3 Å². The van der Waals surface area contributed by atoms with Crippen LogP contribution in [0.2, 0.25) is 0 Å². The van der Waals surface area contributed by atoms with E-state index in [4.69, 9.17) is 29.4 Å². The van der Waals surface area contributed by atoms with Crippen molar-refractivity contribution < 1.29 is 14.3 Å². The average molecular weight is 609 g/mol. The third kappa shape index (κ3) is 5.43. The number of benzene rings is 4. The summed E-state index contributed by atoms with van der Waals surface area (Å²) in [5.74, 6) is 1.77. The van der Waals surface area contributed by atoms with Crippen molar-refractivity contribution in [1.29, 1.82) is 0 Å². The smallest absolute Gasteiger partial charge is 0.192 e. The Labute approximate surface area is 266 Å². The maximum Gasteiger partial charge on any atom is 0.192 e. The van der Waals surface area contributed by atoms with E-state index in [9.17, 15) is 0 Å². The number of methoxy groups -OCH3 is 2. The zero-order valence-electron chi connectivity index (χ0n) is 25.8. The van der Waals surface area contributed by atoms with Crippen molar-refractivity contribution in [2.24, 2.45) is 5.16 Å². The molecule has 3 aromatic heterocycles. The van der Waals surface area contributed by atoms with Crippen LogP contribution < -0.4 is 9.47 Å². The second-order valence-electron chi connectivity index (χ2n) is 10.8. The van der Waals surface area contributed by atoms with E-state index < -0.39 is 0 Å². The van der Waals surface area contributed by atoms with E-state index in [2.05, 4.69) is 82.5 Å². The van der Waals surface area contributed by atoms with Crippen molar-refractivity contribution >= 4 is 22.4 Å². The summed E-state index contributed by atoms with van der Waals surface area (Å²) < 4.78 is 14.8. The van der Waals surface area contributed by atoms with Crippen LogP contribution in [0.3, 0.4) is 0 Å². The Balaban J connectivity index is 1.33. The molecule has 0 atom stereocenters. The Morgan fingerprint density at radius 2 is 1.43 bits per heavy atom. The summed E-state index contributed by atoms with van der Waals surface area (Å²) in [7, 11) is 3.21. The quantitative estimate of drug-likeness (QED) is 0.119. The molecule has 0 radical (unpaired) electrons. The molecule has 0 bridgehead atoms. The summed E-state index contributed by atoms with van der Waals surface area (Å²) in [4.78, 5) is 15.7. The molecule has 0 amide bonds. The van der Waals surface area contributed by atoms with Gasteiger partial charge in [-0.15, -0.1) is 5.10 Å². The first-order valence-electron chi connectivity index (χ1n) is 14.9. The third-order valence-corrected chi connectivity index (χ3v) is 7.91. The van der Waals surface area contributed by atoms with Gasteiger partial charge in [0.25, 0.3) is 0 Å². The number of ether oxygens (including phenoxy) is 2. The van der Waals surface area contributed by atoms with Crippen molar-refractivity contribution in [2.45, 2.75) is 20.1 Å². The highest BCUT2D eigenvalue weighted by atomic mass is 16.6. The zero-order chi connectivity index (χ0) is 31.5. The van der Waals surface area contributed by atoms with Crippen molar-refractivity contribution in [3.63, 3.8) is 0 Å². The Kier molecular flexibility index (Phi) is 7.87. The number of aromatic nitrogens is 5. The van der Waals surface area contributed by atoms with E-state index in [0.29, 0.717) is 35.2 Å². The molecule has 4 aromatic carbocycles. The predicted octanol–water partition coefficient (Wildman–Crippen LogP) is 7.42. The molecule has 7 aromatic rings. The Bertz CT molecular complexity index is 2160. The monoisotopic (exact) mass is 608 g/mol. The van der Waals surface area contributed by atoms with E-state index in [1.165, 1.54) is 5.56 Å². The van der Waals surface area contributed by atoms with Gasteiger partial charge in [0.15, 0.2) is 29.6 Å². The molecule has 46 heavy (non-hydrogen) atoms. The van der Waals surface area contributed by atoms with Gasteiger partial charge < -0.3 is 18.9 Å². The normalized spacial score (nSPS) is 11.7. The van der Waals surface area contributed by atoms with Crippen LogP contribution in [0.4, 0.5) is 0 Å². The first kappa shape index (κ1) is 28.8. The van der Waals surface area contributed by atoms with Crippen LogP contribution in [0.1, 0.15) is 23.9 Å². The summed E-state index contributed by atoms with van der Waals surface area (Å²) in [6.07, 6.45) is 1.72. The van der Waals surface area contributed by atoms with Gasteiger partial charge in [-0.2, -0.15) is 0 Å². The highest BCUT2D eigenvalue weighted by Crippen LogP contribution is 2.42. The topological polar surface area (TPSA) is 88.1 Å². The minimum Gasteiger partial charge on any atom is -0.493 e. The fourth-order valence-corrected chi connectivity index (χ4v) is 5.74. The van der Waals surface area contributed by atoms with Crippen LogP contribution >= 0.6 is 0 Å². The number of oxime groups is 1. The highest BCUT2D eigenvalue weighted by molar-refractivity contribution is 6.09. The van der Waals surface area contributed by atoms with Crippen molar-refractivity contribution in [3.8, 4) is 33.9 Å². The lowest BCUT2D eigenvalue weighted by Gasteiger charge is -2.13. The Morgan fingerprint density at radius 3 is 2.13 bits per heavy atom. The molecule has 0 saturated heterocycles. The molecule has 0 N–H and O–H groups in total. The van der Waals surface area contributed by atoms with E-state index in [0.717, 1.165) is 39.0 Å². The zero-order valence-corrected chi connectivity index (χ0v) is 25.8. The predicted molar refractivity (Wildman–Crippen MR) is 179 cm³/mol. The molecule has 0 aliphatic carbocycles. The lowest BCUT2D eigenvalue weighted by molar-refractivity contribution is 0.125. The van der Waals surface area contributed by atoms with Gasteiger partial charge in [-0.1, -0.05) is 96.2 Å². The van der Waals surface area contributed by atoms with Gasteiger partial charge in [-0.25, -0.2) is 14.5 Å². The molecule has 7 rings (SSSR count). The average Bonchev–Trinajstić information content (AvgIpc) is 3.68. The largest absolute Gasteiger partial charge is 0.493 e. The molecule has 0 aliphatic rings. The lowest BCUT2D eigenvalue weighted by atomic mass is 9.99. The molecule has 3 heterocycles. The Morgan fingerprint density at radius 1 is 0.761 bits per heavy atom. The number of hydrogen-bond acceptors (Lipinski definition) is 7. The van der Waals surface area contributed by atoms with E-state index in [1.54, 1.807) is 25.1 Å². The number of rotatable bonds is 10. The maximum atomic E-state index is 5.75. The third-order valence-electron chi connectivity index (χ3n) is 7.91. The van der Waals surface area contributed by atoms with Crippen LogP contribution in [0.5, 0.6) is 11.5 Å². The summed E-state index contributed by atoms with van der Waals surface area (Å²) in [5.41, 5.74) is 8.54. The standard InChI is InChI=1S/C37H32N6O3/c1-25(29-19-20-30(44-2)31(21-29)45-3)41-46-23-32-39-37-34-33(27-15-9-5-10-16-27)35(28-17-11-6-12-18-28)42(22-26-13-7-4-8-14-26)36(34)38-24-43(37)40-32/h4-21,24H,22-23H2,1-3H3/b41-25-. The summed E-state index contributed by atoms with van der Waals surface area (Å²) in [6, 6.07) is 36.9. The summed E-state index contributed by atoms with van der Waals surface area (Å²) in [5, 5.41) is 9.97. The molecule has 228 valence electrons. The molecular weight excluding hydrogens is 576 g/mol. The van der Waals surface area contributed by atoms with E-state index in [-0.39, 0.29) is 6.61 Å². The van der Waals surface area contributed by atoms with Gasteiger partial charge in [-0.05, 0) is 41.8 Å². The SMILES string of the molecule is COc1ccc(/C(C)=N\OCc2nc3c4c(-c5ccccc5)c(-c5ccccc5)n(Cc5ccccc5)c4ncn3n2)cc1OC. The van der Waals surface area contributed by atoms with Crippen LogP contribution in [0.25, 0.3) is 39.1 Å². The maximum absolute atomic E-state index is 5.75. The molecular formula is C37H32N6O3. The first-order chi connectivity index (χ1) is 22.6. The fourth-order valence-electron chi connectivity index (χ4n) is 5.74. The van der Waals surface area contributed by atoms with Crippen LogP contribution in [-0.4, -0.2) is 44.1 Å². The van der Waals surface area contributed by atoms with Gasteiger partial charge in [0.2, 0.25) is 0 Å². The van der Waals surface area contributed by atoms with Crippen molar-refractivity contribution in [3.05, 3.63) is 132 Å². The van der Waals surface area contributed by atoms with E-state index >= 15 is 0 Å². The lowest BCUT2D eigenvalue weighted by Crippen LogP contribution is -2.03. The minimum atomic E-state index is 0.0880. The second-order valence-corrected chi connectivity index (χ2v) is 10.8. The number of fused-ring (bicyclic) bond motifs is 3. The molecule has 9 heteroatoms. The minimum absolute atomic E-state index is 0.0880. The van der Waals surface area contributed by atoms with Gasteiger partial charge in [0.05, 0.1) is 31.0 Å². The van der Waals surface area contributed by atoms with Gasteiger partial charge in [-0.3, -0.25) is 0 Å². The van der Waals surface area contributed by atoms with Gasteiger partial charge in [0, 0.05) is 17.7 Å². The molecule has 0 unspecified atom stereocenters. The molecule has 0 saturated carbocycles. The van der Waals surface area contributed by atoms with Gasteiger partial charge in [0.1, 0.15) is 12.0 Å². The molecule has 0 fully saturated rings. The van der Waals surface area contributed by atoms with Crippen molar-refractivity contribution in [2.75, 3.05) is 14.2 Å². The van der Waals surface area contributed by atoms with Crippen LogP contribution in [0, 0.1) is 0 Å². The number of nitrogens with zero attached hydrogens (tertiary/aromatic N) is 6. The summed E-state index contributed by atoms with van der Waals surface area (Å²) >= 11 is 0. The second kappa shape index (κ2) is 12.6. The molecule has 9 nitrogen and oxygen atoms in total. The highest BCUT2D eigenvalue weighted by Gasteiger charge is 2.25. The van der Waals surface area contributed by atoms with Gasteiger partial charge >= 0.3 is 0 Å².